The average molecular weight is 268 g/mol. The van der Waals surface area contributed by atoms with Crippen molar-refractivity contribution >= 4 is 5.78 Å². The van der Waals surface area contributed by atoms with Gasteiger partial charge < -0.3 is 4.74 Å². The molecular weight excluding hydrogens is 248 g/mol. The molecule has 0 aliphatic heterocycles. The van der Waals surface area contributed by atoms with Crippen LogP contribution in [0.2, 0.25) is 0 Å². The molecule has 0 amide bonds. The van der Waals surface area contributed by atoms with Crippen molar-refractivity contribution in [2.45, 2.75) is 33.1 Å². The summed E-state index contributed by atoms with van der Waals surface area (Å²) in [7, 11) is 0. The fourth-order valence-electron chi connectivity index (χ4n) is 1.99. The molecule has 2 heteroatoms. The van der Waals surface area contributed by atoms with Crippen molar-refractivity contribution < 1.29 is 9.53 Å². The molecule has 104 valence electrons. The number of benzene rings is 2. The van der Waals surface area contributed by atoms with Gasteiger partial charge in [-0.2, -0.15) is 0 Å². The van der Waals surface area contributed by atoms with Gasteiger partial charge in [0.25, 0.3) is 0 Å². The molecule has 0 aromatic heterocycles. The molecule has 0 saturated carbocycles. The highest BCUT2D eigenvalue weighted by Gasteiger charge is 2.04. The fraction of sp³-hybridized carbons (Fsp3) is 0.278. The van der Waals surface area contributed by atoms with Gasteiger partial charge in [-0.05, 0) is 61.2 Å². The summed E-state index contributed by atoms with van der Waals surface area (Å²) < 4.78 is 5.77. The molecular formula is C18H20O2. The van der Waals surface area contributed by atoms with Gasteiger partial charge >= 0.3 is 0 Å². The Bertz CT molecular complexity index is 567. The van der Waals surface area contributed by atoms with Crippen LogP contribution < -0.4 is 4.74 Å². The molecule has 0 spiro atoms. The van der Waals surface area contributed by atoms with E-state index in [1.165, 1.54) is 5.56 Å². The van der Waals surface area contributed by atoms with Gasteiger partial charge in [-0.3, -0.25) is 4.79 Å². The van der Waals surface area contributed by atoms with E-state index < -0.39 is 0 Å². The molecule has 0 fully saturated rings. The second-order valence-electron chi connectivity index (χ2n) is 5.06. The van der Waals surface area contributed by atoms with Crippen molar-refractivity contribution in [3.63, 3.8) is 0 Å². The van der Waals surface area contributed by atoms with Gasteiger partial charge in [0.15, 0.2) is 5.78 Å². The van der Waals surface area contributed by atoms with Crippen LogP contribution in [0.25, 0.3) is 0 Å². The molecule has 0 radical (unpaired) electrons. The summed E-state index contributed by atoms with van der Waals surface area (Å²) in [6, 6.07) is 15.4. The summed E-state index contributed by atoms with van der Waals surface area (Å²) in [5.41, 5.74) is 2.02. The number of carbonyl (C=O) groups excluding carboxylic acids is 1. The van der Waals surface area contributed by atoms with Crippen molar-refractivity contribution in [2.24, 2.45) is 0 Å². The number of rotatable bonds is 5. The first-order chi connectivity index (χ1) is 9.60. The van der Waals surface area contributed by atoms with E-state index in [2.05, 4.69) is 26.0 Å². The molecule has 2 nitrogen and oxygen atoms in total. The van der Waals surface area contributed by atoms with Gasteiger partial charge in [0, 0.05) is 5.56 Å². The van der Waals surface area contributed by atoms with Gasteiger partial charge in [0.1, 0.15) is 11.5 Å². The number of hydrogen-bond acceptors (Lipinski definition) is 2. The molecule has 0 saturated heterocycles. The van der Waals surface area contributed by atoms with Crippen molar-refractivity contribution in [2.75, 3.05) is 0 Å². The maximum atomic E-state index is 11.2. The Morgan fingerprint density at radius 3 is 1.95 bits per heavy atom. The number of ether oxygens (including phenoxy) is 1. The average Bonchev–Trinajstić information content (AvgIpc) is 2.48. The Labute approximate surface area is 120 Å². The largest absolute Gasteiger partial charge is 0.457 e. The zero-order valence-corrected chi connectivity index (χ0v) is 12.2. The standard InChI is InChI=1S/C18H20O2/c1-4-13(2)15-5-9-17(10-6-15)20-18-11-7-16(8-12-18)14(3)19/h5-13H,4H2,1-3H3. The van der Waals surface area contributed by atoms with E-state index in [9.17, 15) is 4.79 Å². The molecule has 0 N–H and O–H groups in total. The number of carbonyl (C=O) groups is 1. The Hall–Kier alpha value is -2.09. The second-order valence-corrected chi connectivity index (χ2v) is 5.06. The third-order valence-corrected chi connectivity index (χ3v) is 3.56. The maximum Gasteiger partial charge on any atom is 0.159 e. The Kier molecular flexibility index (Phi) is 4.57. The Balaban J connectivity index is 2.08. The summed E-state index contributed by atoms with van der Waals surface area (Å²) in [4.78, 5) is 11.2. The highest BCUT2D eigenvalue weighted by atomic mass is 16.5. The topological polar surface area (TPSA) is 26.3 Å². The summed E-state index contributed by atoms with van der Waals surface area (Å²) in [5.74, 6) is 2.19. The third kappa shape index (κ3) is 3.47. The van der Waals surface area contributed by atoms with Crippen LogP contribution in [-0.4, -0.2) is 5.78 Å². The lowest BCUT2D eigenvalue weighted by molar-refractivity contribution is 0.101. The highest BCUT2D eigenvalue weighted by Crippen LogP contribution is 2.25. The lowest BCUT2D eigenvalue weighted by Crippen LogP contribution is -1.92. The molecule has 1 unspecified atom stereocenters. The van der Waals surface area contributed by atoms with E-state index in [0.717, 1.165) is 17.9 Å². The van der Waals surface area contributed by atoms with Gasteiger partial charge in [-0.1, -0.05) is 26.0 Å². The molecule has 2 aromatic carbocycles. The van der Waals surface area contributed by atoms with Crippen LogP contribution in [0.1, 0.15) is 49.0 Å². The quantitative estimate of drug-likeness (QED) is 0.697. The first kappa shape index (κ1) is 14.3. The lowest BCUT2D eigenvalue weighted by Gasteiger charge is -2.10. The van der Waals surface area contributed by atoms with Crippen LogP contribution in [0.5, 0.6) is 11.5 Å². The maximum absolute atomic E-state index is 11.2. The van der Waals surface area contributed by atoms with Gasteiger partial charge in [-0.25, -0.2) is 0 Å². The van der Waals surface area contributed by atoms with Crippen LogP contribution in [0.4, 0.5) is 0 Å². The molecule has 1 atom stereocenters. The van der Waals surface area contributed by atoms with Crippen LogP contribution in [-0.2, 0) is 0 Å². The van der Waals surface area contributed by atoms with Crippen molar-refractivity contribution in [1.29, 1.82) is 0 Å². The first-order valence-electron chi connectivity index (χ1n) is 6.99. The Morgan fingerprint density at radius 1 is 1.00 bits per heavy atom. The van der Waals surface area contributed by atoms with Crippen molar-refractivity contribution in [1.82, 2.24) is 0 Å². The minimum atomic E-state index is 0.0643. The van der Waals surface area contributed by atoms with Crippen LogP contribution in [0.15, 0.2) is 48.5 Å². The molecule has 0 heterocycles. The minimum Gasteiger partial charge on any atom is -0.457 e. The van der Waals surface area contributed by atoms with E-state index in [1.807, 2.05) is 24.3 Å². The van der Waals surface area contributed by atoms with Gasteiger partial charge in [-0.15, -0.1) is 0 Å². The fourth-order valence-corrected chi connectivity index (χ4v) is 1.99. The summed E-state index contributed by atoms with van der Waals surface area (Å²) in [6.07, 6.45) is 1.13. The van der Waals surface area contributed by atoms with Gasteiger partial charge in [0.2, 0.25) is 0 Å². The third-order valence-electron chi connectivity index (χ3n) is 3.56. The summed E-state index contributed by atoms with van der Waals surface area (Å²) >= 11 is 0. The molecule has 2 rings (SSSR count). The predicted octanol–water partition coefficient (Wildman–Crippen LogP) is 5.20. The number of hydrogen-bond donors (Lipinski definition) is 0. The summed E-state index contributed by atoms with van der Waals surface area (Å²) in [6.45, 7) is 5.96. The van der Waals surface area contributed by atoms with Crippen molar-refractivity contribution in [3.8, 4) is 11.5 Å². The molecule has 20 heavy (non-hydrogen) atoms. The summed E-state index contributed by atoms with van der Waals surface area (Å²) in [5, 5.41) is 0. The number of Topliss-reactive ketones (excluding diaryl/α,β-unsaturated/α-hetero) is 1. The van der Waals surface area contributed by atoms with Crippen LogP contribution in [0.3, 0.4) is 0 Å². The highest BCUT2D eigenvalue weighted by molar-refractivity contribution is 5.94. The van der Waals surface area contributed by atoms with Crippen LogP contribution >= 0.6 is 0 Å². The molecule has 0 aliphatic carbocycles. The molecule has 0 aliphatic rings. The monoisotopic (exact) mass is 268 g/mol. The van der Waals surface area contributed by atoms with Crippen LogP contribution in [0, 0.1) is 0 Å². The van der Waals surface area contributed by atoms with Gasteiger partial charge in [0.05, 0.1) is 0 Å². The normalized spacial score (nSPS) is 11.9. The van der Waals surface area contributed by atoms with Crippen molar-refractivity contribution in [3.05, 3.63) is 59.7 Å². The minimum absolute atomic E-state index is 0.0643. The molecule has 2 aromatic rings. The smallest absolute Gasteiger partial charge is 0.159 e. The zero-order chi connectivity index (χ0) is 14.5. The lowest BCUT2D eigenvalue weighted by atomic mass is 9.99. The predicted molar refractivity (Wildman–Crippen MR) is 81.7 cm³/mol. The SMILES string of the molecule is CCC(C)c1ccc(Oc2ccc(C(C)=O)cc2)cc1. The van der Waals surface area contributed by atoms with E-state index in [4.69, 9.17) is 4.74 Å². The van der Waals surface area contributed by atoms with E-state index in [1.54, 1.807) is 19.1 Å². The zero-order valence-electron chi connectivity index (χ0n) is 12.2. The van der Waals surface area contributed by atoms with E-state index in [0.29, 0.717) is 11.5 Å². The van der Waals surface area contributed by atoms with E-state index in [-0.39, 0.29) is 5.78 Å². The second kappa shape index (κ2) is 6.38. The molecule has 0 bridgehead atoms. The first-order valence-corrected chi connectivity index (χ1v) is 6.99. The van der Waals surface area contributed by atoms with E-state index >= 15 is 0 Å². The Morgan fingerprint density at radius 2 is 1.50 bits per heavy atom. The number of ketones is 1.